The highest BCUT2D eigenvalue weighted by Crippen LogP contribution is 2.46. The fraction of sp³-hybridized carbons (Fsp3) is 0.600. The van der Waals surface area contributed by atoms with E-state index in [-0.39, 0.29) is 8.46 Å². The van der Waals surface area contributed by atoms with Crippen LogP contribution in [0.5, 0.6) is 0 Å². The number of hydrogen-bond donors (Lipinski definition) is 0. The van der Waals surface area contributed by atoms with Gasteiger partial charge >= 0.3 is 0 Å². The first-order valence-electron chi connectivity index (χ1n) is 13.3. The Bertz CT molecular complexity index is 658. The average molecular weight is 453 g/mol. The standard InChI is InChI=1S/C30H45OP/c1-2-3-4-5-6-7-8-9-10-11-12-13-14-15-22-27-30(32-31,28-23-18-16-19-24-28)29-25-20-17-21-26-29/h16-21,23-26H,2-15,22,27H2,1H3. The molecule has 0 aliphatic rings. The maximum atomic E-state index is 12.5. The van der Waals surface area contributed by atoms with Crippen molar-refractivity contribution in [3.8, 4) is 0 Å². The van der Waals surface area contributed by atoms with Crippen molar-refractivity contribution < 1.29 is 4.57 Å². The van der Waals surface area contributed by atoms with E-state index in [4.69, 9.17) is 0 Å². The Morgan fingerprint density at radius 1 is 0.531 bits per heavy atom. The van der Waals surface area contributed by atoms with E-state index in [1.54, 1.807) is 0 Å². The summed E-state index contributed by atoms with van der Waals surface area (Å²) in [6, 6.07) is 20.8. The molecule has 2 rings (SSSR count). The molecule has 32 heavy (non-hydrogen) atoms. The minimum Gasteiger partial charge on any atom is -0.274 e. The van der Waals surface area contributed by atoms with Crippen LogP contribution in [0.4, 0.5) is 0 Å². The molecule has 0 aliphatic carbocycles. The highest BCUT2D eigenvalue weighted by molar-refractivity contribution is 7.26. The summed E-state index contributed by atoms with van der Waals surface area (Å²) in [5.41, 5.74) is 2.32. The summed E-state index contributed by atoms with van der Waals surface area (Å²) in [4.78, 5) is 0. The molecule has 0 fully saturated rings. The first-order chi connectivity index (χ1) is 15.8. The van der Waals surface area contributed by atoms with E-state index in [1.807, 2.05) is 12.1 Å². The Morgan fingerprint density at radius 2 is 0.875 bits per heavy atom. The third kappa shape index (κ3) is 9.58. The maximum Gasteiger partial charge on any atom is 0.171 e. The molecule has 0 aliphatic heterocycles. The van der Waals surface area contributed by atoms with E-state index < -0.39 is 5.16 Å². The summed E-state index contributed by atoms with van der Waals surface area (Å²) in [6.45, 7) is 2.29. The number of rotatable bonds is 19. The van der Waals surface area contributed by atoms with Gasteiger partial charge in [0.1, 0.15) is 5.16 Å². The van der Waals surface area contributed by atoms with Crippen molar-refractivity contribution in [2.45, 2.75) is 115 Å². The minimum atomic E-state index is -0.418. The van der Waals surface area contributed by atoms with Crippen molar-refractivity contribution in [1.29, 1.82) is 0 Å². The van der Waals surface area contributed by atoms with Crippen LogP contribution in [0.3, 0.4) is 0 Å². The number of benzene rings is 2. The molecular formula is C30H45OP. The van der Waals surface area contributed by atoms with Gasteiger partial charge in [-0.2, -0.15) is 0 Å². The van der Waals surface area contributed by atoms with Gasteiger partial charge in [0, 0.05) is 0 Å². The van der Waals surface area contributed by atoms with Gasteiger partial charge in [0.15, 0.2) is 8.46 Å². The van der Waals surface area contributed by atoms with Crippen LogP contribution in [0.25, 0.3) is 0 Å². The molecule has 176 valence electrons. The SMILES string of the molecule is CCCCCCCCCCCCCCCCCC(P=O)(c1ccccc1)c1ccccc1. The van der Waals surface area contributed by atoms with Crippen LogP contribution in [0.15, 0.2) is 60.7 Å². The Labute approximate surface area is 199 Å². The first kappa shape index (κ1) is 26.8. The molecule has 2 aromatic carbocycles. The summed E-state index contributed by atoms with van der Waals surface area (Å²) >= 11 is 0. The Kier molecular flexibility index (Phi) is 14.3. The Morgan fingerprint density at radius 3 is 1.22 bits per heavy atom. The van der Waals surface area contributed by atoms with Crippen molar-refractivity contribution >= 4 is 8.46 Å². The van der Waals surface area contributed by atoms with E-state index >= 15 is 0 Å². The minimum absolute atomic E-state index is 0.198. The van der Waals surface area contributed by atoms with Gasteiger partial charge in [-0.15, -0.1) is 0 Å². The van der Waals surface area contributed by atoms with Crippen molar-refractivity contribution in [3.63, 3.8) is 0 Å². The molecule has 2 aromatic rings. The van der Waals surface area contributed by atoms with Crippen molar-refractivity contribution in [2.24, 2.45) is 0 Å². The monoisotopic (exact) mass is 452 g/mol. The fourth-order valence-corrected chi connectivity index (χ4v) is 5.54. The lowest BCUT2D eigenvalue weighted by Gasteiger charge is -2.28. The summed E-state index contributed by atoms with van der Waals surface area (Å²) in [5.74, 6) is 0. The molecule has 0 amide bonds. The molecule has 0 N–H and O–H groups in total. The van der Waals surface area contributed by atoms with Gasteiger partial charge in [-0.3, -0.25) is 4.57 Å². The van der Waals surface area contributed by atoms with Gasteiger partial charge in [0.2, 0.25) is 0 Å². The van der Waals surface area contributed by atoms with Crippen LogP contribution in [-0.4, -0.2) is 0 Å². The highest BCUT2D eigenvalue weighted by Gasteiger charge is 2.34. The molecule has 0 heterocycles. The lowest BCUT2D eigenvalue weighted by atomic mass is 9.85. The van der Waals surface area contributed by atoms with Crippen LogP contribution in [0.2, 0.25) is 0 Å². The predicted octanol–water partition coefficient (Wildman–Crippen LogP) is 10.5. The molecule has 0 saturated heterocycles. The zero-order valence-electron chi connectivity index (χ0n) is 20.4. The summed E-state index contributed by atoms with van der Waals surface area (Å²) in [5, 5.41) is -0.418. The van der Waals surface area contributed by atoms with Gasteiger partial charge in [0.05, 0.1) is 0 Å². The molecule has 0 spiro atoms. The average Bonchev–Trinajstić information content (AvgIpc) is 2.85. The van der Waals surface area contributed by atoms with Crippen LogP contribution in [0.1, 0.15) is 121 Å². The lowest BCUT2D eigenvalue weighted by molar-refractivity contribution is 0.510. The second-order valence-corrected chi connectivity index (χ2v) is 10.3. The molecule has 0 aromatic heterocycles. The maximum absolute atomic E-state index is 12.5. The van der Waals surface area contributed by atoms with E-state index in [0.717, 1.165) is 24.0 Å². The molecule has 0 unspecified atom stereocenters. The quantitative estimate of drug-likeness (QED) is 0.153. The molecule has 2 heteroatoms. The lowest BCUT2D eigenvalue weighted by Crippen LogP contribution is -2.20. The third-order valence-corrected chi connectivity index (χ3v) is 7.85. The molecular weight excluding hydrogens is 407 g/mol. The van der Waals surface area contributed by atoms with Gasteiger partial charge in [0.25, 0.3) is 0 Å². The van der Waals surface area contributed by atoms with E-state index in [2.05, 4.69) is 55.5 Å². The molecule has 0 saturated carbocycles. The first-order valence-corrected chi connectivity index (χ1v) is 14.1. The Balaban J connectivity index is 1.62. The van der Waals surface area contributed by atoms with Crippen LogP contribution in [0, 0.1) is 0 Å². The Hall–Kier alpha value is -1.46. The summed E-state index contributed by atoms with van der Waals surface area (Å²) in [7, 11) is 0.198. The van der Waals surface area contributed by atoms with Gasteiger partial charge in [-0.1, -0.05) is 164 Å². The zero-order valence-corrected chi connectivity index (χ0v) is 21.3. The van der Waals surface area contributed by atoms with Crippen LogP contribution >= 0.6 is 8.46 Å². The van der Waals surface area contributed by atoms with Crippen molar-refractivity contribution in [1.82, 2.24) is 0 Å². The fourth-order valence-electron chi connectivity index (χ4n) is 4.79. The topological polar surface area (TPSA) is 17.1 Å². The van der Waals surface area contributed by atoms with E-state index in [0.29, 0.717) is 0 Å². The third-order valence-electron chi connectivity index (χ3n) is 6.80. The second kappa shape index (κ2) is 17.1. The number of unbranched alkanes of at least 4 members (excludes halogenated alkanes) is 14. The normalized spacial score (nSPS) is 11.8. The molecule has 0 bridgehead atoms. The molecule has 0 radical (unpaired) electrons. The van der Waals surface area contributed by atoms with E-state index in [9.17, 15) is 4.57 Å². The van der Waals surface area contributed by atoms with Crippen molar-refractivity contribution in [2.75, 3.05) is 0 Å². The molecule has 1 nitrogen and oxygen atoms in total. The smallest absolute Gasteiger partial charge is 0.171 e. The van der Waals surface area contributed by atoms with Crippen molar-refractivity contribution in [3.05, 3.63) is 71.8 Å². The van der Waals surface area contributed by atoms with E-state index in [1.165, 1.54) is 89.9 Å². The van der Waals surface area contributed by atoms with Gasteiger partial charge < -0.3 is 0 Å². The number of hydrogen-bond acceptors (Lipinski definition) is 1. The summed E-state index contributed by atoms with van der Waals surface area (Å²) in [6.07, 6.45) is 21.5. The molecule has 0 atom stereocenters. The highest BCUT2D eigenvalue weighted by atomic mass is 31.1. The largest absolute Gasteiger partial charge is 0.274 e. The predicted molar refractivity (Wildman–Crippen MR) is 141 cm³/mol. The van der Waals surface area contributed by atoms with Crippen LogP contribution in [-0.2, 0) is 9.72 Å². The zero-order chi connectivity index (χ0) is 22.7. The van der Waals surface area contributed by atoms with Gasteiger partial charge in [-0.05, 0) is 17.5 Å². The second-order valence-electron chi connectivity index (χ2n) is 9.38. The van der Waals surface area contributed by atoms with Crippen LogP contribution < -0.4 is 0 Å². The summed E-state index contributed by atoms with van der Waals surface area (Å²) < 4.78 is 12.5. The van der Waals surface area contributed by atoms with Gasteiger partial charge in [-0.25, -0.2) is 0 Å².